The molecule has 7 nitrogen and oxygen atoms in total. The molecule has 0 aromatic heterocycles. The van der Waals surface area contributed by atoms with Gasteiger partial charge in [-0.25, -0.2) is 0 Å². The number of carbonyl (C=O) groups excluding carboxylic acids is 1. The number of nitro groups is 1. The molecule has 2 unspecified atom stereocenters. The monoisotopic (exact) mass is 343 g/mol. The number of rotatable bonds is 4. The first-order valence-corrected chi connectivity index (χ1v) is 7.27. The van der Waals surface area contributed by atoms with Crippen LogP contribution in [0.15, 0.2) is 18.2 Å². The van der Waals surface area contributed by atoms with Crippen LogP contribution in [0.5, 0.6) is 0 Å². The van der Waals surface area contributed by atoms with Crippen LogP contribution in [0.4, 0.5) is 5.69 Å². The Morgan fingerprint density at radius 2 is 2.22 bits per heavy atom. The second kappa shape index (κ2) is 8.24. The van der Waals surface area contributed by atoms with Gasteiger partial charge in [-0.1, -0.05) is 6.07 Å². The summed E-state index contributed by atoms with van der Waals surface area (Å²) < 4.78 is 5.35. The van der Waals surface area contributed by atoms with Crippen LogP contribution in [0.25, 0.3) is 0 Å². The average Bonchev–Trinajstić information content (AvgIpc) is 2.53. The Balaban J connectivity index is 0.00000264. The number of halogens is 1. The Morgan fingerprint density at radius 1 is 1.52 bits per heavy atom. The van der Waals surface area contributed by atoms with Crippen molar-refractivity contribution in [2.24, 2.45) is 5.73 Å². The predicted octanol–water partition coefficient (Wildman–Crippen LogP) is 1.90. The molecular weight excluding hydrogens is 322 g/mol. The summed E-state index contributed by atoms with van der Waals surface area (Å²) in [6.45, 7) is 2.49. The van der Waals surface area contributed by atoms with E-state index in [9.17, 15) is 14.9 Å². The van der Waals surface area contributed by atoms with Crippen LogP contribution < -0.4 is 5.73 Å². The molecule has 1 aromatic carbocycles. The van der Waals surface area contributed by atoms with Crippen molar-refractivity contribution in [2.75, 3.05) is 20.2 Å². The summed E-state index contributed by atoms with van der Waals surface area (Å²) in [6, 6.07) is 4.46. The molecule has 0 aliphatic carbocycles. The lowest BCUT2D eigenvalue weighted by molar-refractivity contribution is -0.385. The molecule has 1 amide bonds. The third kappa shape index (κ3) is 3.99. The number of carbonyl (C=O) groups is 1. The van der Waals surface area contributed by atoms with Crippen LogP contribution in [-0.2, 0) is 4.74 Å². The fourth-order valence-electron chi connectivity index (χ4n) is 2.93. The number of nitrogens with zero attached hydrogens (tertiary/aromatic N) is 2. The second-order valence-corrected chi connectivity index (χ2v) is 5.48. The van der Waals surface area contributed by atoms with Crippen molar-refractivity contribution in [3.63, 3.8) is 0 Å². The van der Waals surface area contributed by atoms with Gasteiger partial charge in [0.05, 0.1) is 11.0 Å². The molecule has 1 aliphatic heterocycles. The molecule has 23 heavy (non-hydrogen) atoms. The number of amides is 1. The van der Waals surface area contributed by atoms with Gasteiger partial charge in [-0.05, 0) is 25.8 Å². The molecule has 0 spiro atoms. The minimum atomic E-state index is -0.469. The average molecular weight is 344 g/mol. The number of benzene rings is 1. The van der Waals surface area contributed by atoms with E-state index in [0.717, 1.165) is 6.42 Å². The van der Waals surface area contributed by atoms with Gasteiger partial charge in [-0.2, -0.15) is 0 Å². The van der Waals surface area contributed by atoms with Crippen LogP contribution >= 0.6 is 12.4 Å². The molecule has 1 saturated heterocycles. The second-order valence-electron chi connectivity index (χ2n) is 5.48. The molecule has 1 heterocycles. The topological polar surface area (TPSA) is 98.7 Å². The van der Waals surface area contributed by atoms with Gasteiger partial charge in [0, 0.05) is 43.4 Å². The van der Waals surface area contributed by atoms with Crippen LogP contribution in [0.2, 0.25) is 0 Å². The van der Waals surface area contributed by atoms with Crippen molar-refractivity contribution >= 4 is 24.0 Å². The van der Waals surface area contributed by atoms with Gasteiger partial charge in [-0.3, -0.25) is 14.9 Å². The molecule has 0 bridgehead atoms. The van der Waals surface area contributed by atoms with E-state index in [1.807, 2.05) is 0 Å². The molecular formula is C15H22ClN3O4. The SMILES string of the molecule is COC1CCN(C(=O)c2cccc([N+](=O)[O-])c2C)C(CN)C1.Cl. The zero-order chi connectivity index (χ0) is 16.3. The molecule has 8 heteroatoms. The predicted molar refractivity (Wildman–Crippen MR) is 89.0 cm³/mol. The molecule has 128 valence electrons. The Morgan fingerprint density at radius 3 is 2.78 bits per heavy atom. The Hall–Kier alpha value is -1.70. The highest BCUT2D eigenvalue weighted by atomic mass is 35.5. The molecule has 2 N–H and O–H groups in total. The Kier molecular flexibility index (Phi) is 6.93. The van der Waals surface area contributed by atoms with Crippen molar-refractivity contribution in [3.05, 3.63) is 39.4 Å². The molecule has 0 radical (unpaired) electrons. The number of hydrogen-bond acceptors (Lipinski definition) is 5. The van der Waals surface area contributed by atoms with E-state index in [-0.39, 0.29) is 36.1 Å². The highest BCUT2D eigenvalue weighted by Crippen LogP contribution is 2.26. The maximum Gasteiger partial charge on any atom is 0.273 e. The summed E-state index contributed by atoms with van der Waals surface area (Å²) >= 11 is 0. The van der Waals surface area contributed by atoms with E-state index in [0.29, 0.717) is 30.6 Å². The van der Waals surface area contributed by atoms with E-state index in [1.54, 1.807) is 25.0 Å². The fraction of sp³-hybridized carbons (Fsp3) is 0.533. The third-order valence-corrected chi connectivity index (χ3v) is 4.27. The van der Waals surface area contributed by atoms with Crippen LogP contribution in [0, 0.1) is 17.0 Å². The summed E-state index contributed by atoms with van der Waals surface area (Å²) in [7, 11) is 1.65. The van der Waals surface area contributed by atoms with E-state index in [1.165, 1.54) is 12.1 Å². The largest absolute Gasteiger partial charge is 0.381 e. The highest BCUT2D eigenvalue weighted by molar-refractivity contribution is 5.96. The first kappa shape index (κ1) is 19.3. The maximum absolute atomic E-state index is 12.8. The normalized spacial score (nSPS) is 20.7. The Bertz CT molecular complexity index is 582. The van der Waals surface area contributed by atoms with Crippen LogP contribution in [0.1, 0.15) is 28.8 Å². The number of piperidine rings is 1. The summed E-state index contributed by atoms with van der Waals surface area (Å²) in [5.74, 6) is -0.203. The van der Waals surface area contributed by atoms with Gasteiger partial charge in [0.25, 0.3) is 11.6 Å². The van der Waals surface area contributed by atoms with Crippen LogP contribution in [-0.4, -0.2) is 48.1 Å². The van der Waals surface area contributed by atoms with Gasteiger partial charge >= 0.3 is 0 Å². The first-order chi connectivity index (χ1) is 10.5. The number of likely N-dealkylation sites (tertiary alicyclic amines) is 1. The van der Waals surface area contributed by atoms with E-state index in [2.05, 4.69) is 0 Å². The van der Waals surface area contributed by atoms with Crippen molar-refractivity contribution in [3.8, 4) is 0 Å². The van der Waals surface area contributed by atoms with Gasteiger partial charge in [0.2, 0.25) is 0 Å². The number of hydrogen-bond donors (Lipinski definition) is 1. The maximum atomic E-state index is 12.8. The molecule has 1 aromatic rings. The van der Waals surface area contributed by atoms with Crippen LogP contribution in [0.3, 0.4) is 0 Å². The van der Waals surface area contributed by atoms with E-state index < -0.39 is 4.92 Å². The molecule has 2 rings (SSSR count). The standard InChI is InChI=1S/C15H21N3O4.ClH/c1-10-13(4-3-5-14(10)18(20)21)15(19)17-7-6-12(22-2)8-11(17)9-16;/h3-5,11-12H,6-9,16H2,1-2H3;1H. The number of ether oxygens (including phenoxy) is 1. The van der Waals surface area contributed by atoms with Gasteiger partial charge in [0.1, 0.15) is 0 Å². The van der Waals surface area contributed by atoms with Gasteiger partial charge in [0.15, 0.2) is 0 Å². The van der Waals surface area contributed by atoms with Gasteiger partial charge < -0.3 is 15.4 Å². The minimum Gasteiger partial charge on any atom is -0.381 e. The van der Waals surface area contributed by atoms with Crippen molar-refractivity contribution < 1.29 is 14.5 Å². The third-order valence-electron chi connectivity index (χ3n) is 4.27. The molecule has 0 saturated carbocycles. The quantitative estimate of drug-likeness (QED) is 0.665. The highest BCUT2D eigenvalue weighted by Gasteiger charge is 2.32. The van der Waals surface area contributed by atoms with Gasteiger partial charge in [-0.15, -0.1) is 12.4 Å². The lowest BCUT2D eigenvalue weighted by atomic mass is 9.97. The number of methoxy groups -OCH3 is 1. The Labute approximate surface area is 141 Å². The van der Waals surface area contributed by atoms with E-state index >= 15 is 0 Å². The zero-order valence-electron chi connectivity index (χ0n) is 13.2. The zero-order valence-corrected chi connectivity index (χ0v) is 14.0. The molecule has 1 aliphatic rings. The summed E-state index contributed by atoms with van der Waals surface area (Å²) in [6.07, 6.45) is 1.53. The van der Waals surface area contributed by atoms with Crippen molar-refractivity contribution in [2.45, 2.75) is 31.9 Å². The fourth-order valence-corrected chi connectivity index (χ4v) is 2.93. The van der Waals surface area contributed by atoms with E-state index in [4.69, 9.17) is 10.5 Å². The minimum absolute atomic E-state index is 0. The lowest BCUT2D eigenvalue weighted by Crippen LogP contribution is -2.51. The number of nitro benzene ring substituents is 1. The summed E-state index contributed by atoms with van der Waals surface area (Å²) in [5.41, 5.74) is 6.50. The summed E-state index contributed by atoms with van der Waals surface area (Å²) in [5, 5.41) is 11.0. The number of nitrogens with two attached hydrogens (primary N) is 1. The lowest BCUT2D eigenvalue weighted by Gasteiger charge is -2.38. The molecule has 1 fully saturated rings. The molecule has 2 atom stereocenters. The van der Waals surface area contributed by atoms with Crippen molar-refractivity contribution in [1.82, 2.24) is 4.90 Å². The smallest absolute Gasteiger partial charge is 0.273 e. The van der Waals surface area contributed by atoms with Crippen molar-refractivity contribution in [1.29, 1.82) is 0 Å². The first-order valence-electron chi connectivity index (χ1n) is 7.27. The summed E-state index contributed by atoms with van der Waals surface area (Å²) in [4.78, 5) is 25.0.